The molecule has 4 aromatic rings. The number of rotatable bonds is 3. The van der Waals surface area contributed by atoms with Gasteiger partial charge in [0.25, 0.3) is 0 Å². The number of anilines is 2. The number of aromatic amines is 1. The molecule has 4 rings (SSSR count). The number of nitrogens with one attached hydrogen (secondary N) is 2. The number of benzene rings is 1. The molecule has 0 spiro atoms. The van der Waals surface area contributed by atoms with Gasteiger partial charge in [-0.3, -0.25) is 10.1 Å². The molecule has 0 aliphatic heterocycles. The highest BCUT2D eigenvalue weighted by Gasteiger charge is 2.09. The summed E-state index contributed by atoms with van der Waals surface area (Å²) in [5.41, 5.74) is 2.32. The SMILES string of the molecule is Clc1nc(Nc2n[nH]c3ccccc23)cc(-c2ccccn2)n1. The molecule has 7 heteroatoms. The van der Waals surface area contributed by atoms with E-state index in [1.54, 1.807) is 12.3 Å². The third kappa shape index (κ3) is 2.72. The van der Waals surface area contributed by atoms with Crippen LogP contribution in [0.3, 0.4) is 0 Å². The Morgan fingerprint density at radius 3 is 2.70 bits per heavy atom. The van der Waals surface area contributed by atoms with E-state index in [-0.39, 0.29) is 5.28 Å². The summed E-state index contributed by atoms with van der Waals surface area (Å²) in [6.07, 6.45) is 1.71. The number of hydrogen-bond donors (Lipinski definition) is 2. The molecule has 3 heterocycles. The summed E-state index contributed by atoms with van der Waals surface area (Å²) < 4.78 is 0. The Balaban J connectivity index is 1.73. The lowest BCUT2D eigenvalue weighted by Crippen LogP contribution is -1.98. The Labute approximate surface area is 136 Å². The fourth-order valence-corrected chi connectivity index (χ4v) is 2.49. The van der Waals surface area contributed by atoms with Crippen molar-refractivity contribution in [2.75, 3.05) is 5.32 Å². The van der Waals surface area contributed by atoms with E-state index < -0.39 is 0 Å². The summed E-state index contributed by atoms with van der Waals surface area (Å²) in [6.45, 7) is 0. The standard InChI is InChI=1S/C16H11ClN6/c17-16-19-13(12-7-3-4-8-18-12)9-14(21-16)20-15-10-5-1-2-6-11(10)22-23-15/h1-9H,(H2,19,20,21,22,23). The third-order valence-electron chi connectivity index (χ3n) is 3.34. The zero-order valence-electron chi connectivity index (χ0n) is 11.9. The Hall–Kier alpha value is -2.99. The average Bonchev–Trinajstić information content (AvgIpc) is 2.98. The van der Waals surface area contributed by atoms with E-state index >= 15 is 0 Å². The Kier molecular flexibility index (Phi) is 3.36. The zero-order valence-corrected chi connectivity index (χ0v) is 12.6. The van der Waals surface area contributed by atoms with Crippen LogP contribution in [0, 0.1) is 0 Å². The van der Waals surface area contributed by atoms with Gasteiger partial charge in [-0.25, -0.2) is 9.97 Å². The van der Waals surface area contributed by atoms with E-state index in [1.165, 1.54) is 0 Å². The summed E-state index contributed by atoms with van der Waals surface area (Å²) in [6, 6.07) is 15.2. The van der Waals surface area contributed by atoms with Crippen LogP contribution in [0.25, 0.3) is 22.3 Å². The highest BCUT2D eigenvalue weighted by molar-refractivity contribution is 6.28. The molecule has 6 nitrogen and oxygen atoms in total. The van der Waals surface area contributed by atoms with Crippen molar-refractivity contribution in [3.8, 4) is 11.4 Å². The lowest BCUT2D eigenvalue weighted by Gasteiger charge is -2.06. The van der Waals surface area contributed by atoms with Gasteiger partial charge in [0.1, 0.15) is 5.82 Å². The minimum absolute atomic E-state index is 0.149. The predicted octanol–water partition coefficient (Wildman–Crippen LogP) is 3.81. The number of hydrogen-bond acceptors (Lipinski definition) is 5. The average molecular weight is 323 g/mol. The summed E-state index contributed by atoms with van der Waals surface area (Å²) >= 11 is 6.04. The predicted molar refractivity (Wildman–Crippen MR) is 89.6 cm³/mol. The first kappa shape index (κ1) is 13.7. The Morgan fingerprint density at radius 2 is 1.83 bits per heavy atom. The van der Waals surface area contributed by atoms with Crippen molar-refractivity contribution in [3.63, 3.8) is 0 Å². The highest BCUT2D eigenvalue weighted by Crippen LogP contribution is 2.25. The molecular formula is C16H11ClN6. The van der Waals surface area contributed by atoms with E-state index in [1.807, 2.05) is 42.5 Å². The van der Waals surface area contributed by atoms with Crippen molar-refractivity contribution in [2.24, 2.45) is 0 Å². The van der Waals surface area contributed by atoms with Gasteiger partial charge in [0.15, 0.2) is 5.82 Å². The van der Waals surface area contributed by atoms with Crippen LogP contribution in [-0.2, 0) is 0 Å². The van der Waals surface area contributed by atoms with Crippen LogP contribution < -0.4 is 5.32 Å². The molecule has 0 fully saturated rings. The summed E-state index contributed by atoms with van der Waals surface area (Å²) in [5, 5.41) is 11.5. The number of para-hydroxylation sites is 1. The summed E-state index contributed by atoms with van der Waals surface area (Å²) in [4.78, 5) is 12.7. The second-order valence-electron chi connectivity index (χ2n) is 4.87. The van der Waals surface area contributed by atoms with Gasteiger partial charge in [-0.2, -0.15) is 5.10 Å². The largest absolute Gasteiger partial charge is 0.323 e. The molecule has 0 saturated heterocycles. The molecule has 0 unspecified atom stereocenters. The number of H-pyrrole nitrogens is 1. The first-order chi connectivity index (χ1) is 11.3. The van der Waals surface area contributed by atoms with Gasteiger partial charge in [-0.15, -0.1) is 0 Å². The first-order valence-corrected chi connectivity index (χ1v) is 7.33. The molecule has 0 radical (unpaired) electrons. The van der Waals surface area contributed by atoms with Gasteiger partial charge < -0.3 is 5.32 Å². The van der Waals surface area contributed by atoms with Crippen molar-refractivity contribution in [3.05, 3.63) is 60.0 Å². The lowest BCUT2D eigenvalue weighted by atomic mass is 10.2. The minimum Gasteiger partial charge on any atom is -0.323 e. The molecule has 0 bridgehead atoms. The second kappa shape index (κ2) is 5.66. The molecule has 0 aliphatic carbocycles. The topological polar surface area (TPSA) is 79.4 Å². The van der Waals surface area contributed by atoms with Gasteiger partial charge in [-0.1, -0.05) is 18.2 Å². The van der Waals surface area contributed by atoms with Crippen LogP contribution in [0.5, 0.6) is 0 Å². The van der Waals surface area contributed by atoms with Gasteiger partial charge in [0.05, 0.1) is 16.9 Å². The van der Waals surface area contributed by atoms with Gasteiger partial charge >= 0.3 is 0 Å². The monoisotopic (exact) mass is 322 g/mol. The summed E-state index contributed by atoms with van der Waals surface area (Å²) in [7, 11) is 0. The van der Waals surface area contributed by atoms with Crippen LogP contribution >= 0.6 is 11.6 Å². The molecule has 3 aromatic heterocycles. The van der Waals surface area contributed by atoms with E-state index in [9.17, 15) is 0 Å². The lowest BCUT2D eigenvalue weighted by molar-refractivity contribution is 1.10. The van der Waals surface area contributed by atoms with Crippen LogP contribution in [0.2, 0.25) is 5.28 Å². The number of nitrogens with zero attached hydrogens (tertiary/aromatic N) is 4. The number of fused-ring (bicyclic) bond motifs is 1. The molecule has 0 saturated carbocycles. The Morgan fingerprint density at radius 1 is 0.957 bits per heavy atom. The minimum atomic E-state index is 0.149. The van der Waals surface area contributed by atoms with Crippen molar-refractivity contribution in [1.82, 2.24) is 25.1 Å². The smallest absolute Gasteiger partial charge is 0.224 e. The van der Waals surface area contributed by atoms with E-state index in [0.29, 0.717) is 17.3 Å². The maximum atomic E-state index is 6.04. The van der Waals surface area contributed by atoms with Crippen molar-refractivity contribution in [2.45, 2.75) is 0 Å². The maximum absolute atomic E-state index is 6.04. The van der Waals surface area contributed by atoms with Gasteiger partial charge in [0, 0.05) is 17.6 Å². The van der Waals surface area contributed by atoms with E-state index in [2.05, 4.69) is 30.5 Å². The molecule has 112 valence electrons. The van der Waals surface area contributed by atoms with Crippen molar-refractivity contribution >= 4 is 34.1 Å². The molecule has 2 N–H and O–H groups in total. The molecule has 0 aliphatic rings. The van der Waals surface area contributed by atoms with Crippen LogP contribution in [-0.4, -0.2) is 25.1 Å². The molecule has 1 aromatic carbocycles. The number of aromatic nitrogens is 5. The van der Waals surface area contributed by atoms with Gasteiger partial charge in [-0.05, 0) is 35.9 Å². The van der Waals surface area contributed by atoms with E-state index in [0.717, 1.165) is 16.6 Å². The quantitative estimate of drug-likeness (QED) is 0.561. The van der Waals surface area contributed by atoms with Gasteiger partial charge in [0.2, 0.25) is 5.28 Å². The van der Waals surface area contributed by atoms with Crippen LogP contribution in [0.1, 0.15) is 0 Å². The molecule has 0 amide bonds. The fourth-order valence-electron chi connectivity index (χ4n) is 2.31. The Bertz CT molecular complexity index is 967. The molecular weight excluding hydrogens is 312 g/mol. The first-order valence-electron chi connectivity index (χ1n) is 6.96. The second-order valence-corrected chi connectivity index (χ2v) is 5.20. The number of halogens is 1. The highest BCUT2D eigenvalue weighted by atomic mass is 35.5. The van der Waals surface area contributed by atoms with Crippen LogP contribution in [0.4, 0.5) is 11.6 Å². The van der Waals surface area contributed by atoms with Crippen LogP contribution in [0.15, 0.2) is 54.7 Å². The maximum Gasteiger partial charge on any atom is 0.224 e. The molecule has 23 heavy (non-hydrogen) atoms. The fraction of sp³-hybridized carbons (Fsp3) is 0. The third-order valence-corrected chi connectivity index (χ3v) is 3.51. The zero-order chi connectivity index (χ0) is 15.6. The van der Waals surface area contributed by atoms with E-state index in [4.69, 9.17) is 11.6 Å². The molecule has 0 atom stereocenters. The normalized spacial score (nSPS) is 10.8. The van der Waals surface area contributed by atoms with Crippen molar-refractivity contribution < 1.29 is 0 Å². The summed E-state index contributed by atoms with van der Waals surface area (Å²) in [5.74, 6) is 1.24. The number of pyridine rings is 1. The van der Waals surface area contributed by atoms with Crippen molar-refractivity contribution in [1.29, 1.82) is 0 Å².